The van der Waals surface area contributed by atoms with E-state index in [1.54, 1.807) is 8.61 Å². The Morgan fingerprint density at radius 3 is 2.23 bits per heavy atom. The molecule has 0 bridgehead atoms. The smallest absolute Gasteiger partial charge is 0.282 e. The Kier molecular flexibility index (Phi) is 6.09. The van der Waals surface area contributed by atoms with Crippen molar-refractivity contribution in [3.05, 3.63) is 71.8 Å². The Labute approximate surface area is 156 Å². The number of rotatable bonds is 7. The quantitative estimate of drug-likeness (QED) is 0.811. The van der Waals surface area contributed by atoms with Crippen LogP contribution in [-0.2, 0) is 16.8 Å². The highest BCUT2D eigenvalue weighted by molar-refractivity contribution is 7.86. The van der Waals surface area contributed by atoms with E-state index in [1.807, 2.05) is 55.5 Å². The molecule has 1 heterocycles. The Balaban J connectivity index is 1.80. The van der Waals surface area contributed by atoms with Gasteiger partial charge in [-0.05, 0) is 23.6 Å². The maximum atomic E-state index is 13.2. The van der Waals surface area contributed by atoms with E-state index in [9.17, 15) is 8.42 Å². The van der Waals surface area contributed by atoms with E-state index < -0.39 is 10.2 Å². The Morgan fingerprint density at radius 2 is 1.65 bits per heavy atom. The third kappa shape index (κ3) is 3.99. The number of hydrogen-bond acceptors (Lipinski definition) is 3. The van der Waals surface area contributed by atoms with Gasteiger partial charge in [-0.15, -0.1) is 0 Å². The summed E-state index contributed by atoms with van der Waals surface area (Å²) in [4.78, 5) is 0. The first-order valence-electron chi connectivity index (χ1n) is 9.10. The minimum absolute atomic E-state index is 0.141. The van der Waals surface area contributed by atoms with E-state index in [0.717, 1.165) is 11.1 Å². The zero-order chi connectivity index (χ0) is 18.6. The molecule has 2 atom stereocenters. The lowest BCUT2D eigenvalue weighted by Gasteiger charge is -2.26. The molecule has 1 saturated heterocycles. The second-order valence-corrected chi connectivity index (χ2v) is 8.68. The van der Waals surface area contributed by atoms with Gasteiger partial charge in [0.05, 0.1) is 0 Å². The summed E-state index contributed by atoms with van der Waals surface area (Å²) in [6, 6.07) is 19.8. The molecule has 0 saturated carbocycles. The van der Waals surface area contributed by atoms with Gasteiger partial charge in [0.15, 0.2) is 0 Å². The molecule has 0 radical (unpaired) electrons. The van der Waals surface area contributed by atoms with Crippen LogP contribution < -0.4 is 5.73 Å². The maximum Gasteiger partial charge on any atom is 0.282 e. The molecule has 0 aliphatic carbocycles. The summed E-state index contributed by atoms with van der Waals surface area (Å²) in [6.07, 6.45) is 0. The normalized spacial score (nSPS) is 21.3. The highest BCUT2D eigenvalue weighted by Gasteiger charge is 2.40. The highest BCUT2D eigenvalue weighted by Crippen LogP contribution is 2.34. The van der Waals surface area contributed by atoms with Gasteiger partial charge in [0.25, 0.3) is 10.2 Å². The molecule has 2 aromatic carbocycles. The lowest BCUT2D eigenvalue weighted by atomic mass is 9.89. The molecule has 0 unspecified atom stereocenters. The number of nitrogens with zero attached hydrogens (tertiary/aromatic N) is 2. The fraction of sp³-hybridized carbons (Fsp3) is 0.400. The van der Waals surface area contributed by atoms with Crippen LogP contribution in [-0.4, -0.2) is 43.2 Å². The van der Waals surface area contributed by atoms with E-state index in [4.69, 9.17) is 5.73 Å². The van der Waals surface area contributed by atoms with Crippen LogP contribution in [0.5, 0.6) is 0 Å². The third-order valence-electron chi connectivity index (χ3n) is 5.15. The first-order valence-corrected chi connectivity index (χ1v) is 10.5. The van der Waals surface area contributed by atoms with Crippen LogP contribution in [0.15, 0.2) is 60.7 Å². The molecule has 0 amide bonds. The van der Waals surface area contributed by atoms with Gasteiger partial charge < -0.3 is 5.73 Å². The number of hydrogen-bond donors (Lipinski definition) is 1. The van der Waals surface area contributed by atoms with Gasteiger partial charge in [0.2, 0.25) is 0 Å². The fourth-order valence-corrected chi connectivity index (χ4v) is 5.34. The van der Waals surface area contributed by atoms with E-state index >= 15 is 0 Å². The molecule has 140 valence electrons. The molecule has 1 aliphatic rings. The van der Waals surface area contributed by atoms with Crippen LogP contribution in [0, 0.1) is 5.92 Å². The average molecular weight is 374 g/mol. The molecular formula is C20H27N3O2S. The summed E-state index contributed by atoms with van der Waals surface area (Å²) in [7, 11) is -3.52. The monoisotopic (exact) mass is 373 g/mol. The zero-order valence-corrected chi connectivity index (χ0v) is 16.0. The van der Waals surface area contributed by atoms with Gasteiger partial charge in [0, 0.05) is 32.1 Å². The summed E-state index contributed by atoms with van der Waals surface area (Å²) in [6.45, 7) is 4.15. The number of nitrogens with two attached hydrogens (primary N) is 1. The average Bonchev–Trinajstić information content (AvgIpc) is 3.13. The van der Waals surface area contributed by atoms with Crippen molar-refractivity contribution < 1.29 is 8.42 Å². The predicted molar refractivity (Wildman–Crippen MR) is 105 cm³/mol. The maximum absolute atomic E-state index is 13.2. The molecular weight excluding hydrogens is 346 g/mol. The van der Waals surface area contributed by atoms with Crippen molar-refractivity contribution in [3.63, 3.8) is 0 Å². The zero-order valence-electron chi connectivity index (χ0n) is 15.2. The Hall–Kier alpha value is -1.73. The molecule has 0 aromatic heterocycles. The fourth-order valence-electron chi connectivity index (χ4n) is 3.64. The first-order chi connectivity index (χ1) is 12.6. The minimum Gasteiger partial charge on any atom is -0.330 e. The van der Waals surface area contributed by atoms with Crippen molar-refractivity contribution in [2.45, 2.75) is 19.4 Å². The van der Waals surface area contributed by atoms with Crippen LogP contribution in [0.4, 0.5) is 0 Å². The summed E-state index contributed by atoms with van der Waals surface area (Å²) in [5.74, 6) is 0.286. The molecule has 1 fully saturated rings. The van der Waals surface area contributed by atoms with Crippen molar-refractivity contribution in [3.8, 4) is 0 Å². The van der Waals surface area contributed by atoms with Crippen molar-refractivity contribution in [2.24, 2.45) is 11.7 Å². The van der Waals surface area contributed by atoms with Gasteiger partial charge in [-0.1, -0.05) is 67.6 Å². The van der Waals surface area contributed by atoms with E-state index in [0.29, 0.717) is 32.7 Å². The SMILES string of the molecule is CCN(Cc1ccccc1)S(=O)(=O)N1C[C@@H](CN)[C@H](c2ccccc2)C1. The van der Waals surface area contributed by atoms with Gasteiger partial charge in [0.1, 0.15) is 0 Å². The molecule has 3 rings (SSSR count). The van der Waals surface area contributed by atoms with Crippen molar-refractivity contribution >= 4 is 10.2 Å². The summed E-state index contributed by atoms with van der Waals surface area (Å²) in [5.41, 5.74) is 8.12. The van der Waals surface area contributed by atoms with E-state index in [2.05, 4.69) is 12.1 Å². The molecule has 0 spiro atoms. The molecule has 2 aromatic rings. The van der Waals surface area contributed by atoms with Crippen LogP contribution in [0.25, 0.3) is 0 Å². The first kappa shape index (κ1) is 19.0. The lowest BCUT2D eigenvalue weighted by molar-refractivity contribution is 0.360. The van der Waals surface area contributed by atoms with Gasteiger partial charge in [-0.25, -0.2) is 0 Å². The largest absolute Gasteiger partial charge is 0.330 e. The van der Waals surface area contributed by atoms with Gasteiger partial charge in [-0.2, -0.15) is 17.0 Å². The molecule has 1 aliphatic heterocycles. The minimum atomic E-state index is -3.52. The summed E-state index contributed by atoms with van der Waals surface area (Å²) in [5, 5.41) is 0. The van der Waals surface area contributed by atoms with Gasteiger partial charge in [-0.3, -0.25) is 0 Å². The topological polar surface area (TPSA) is 66.6 Å². The highest BCUT2D eigenvalue weighted by atomic mass is 32.2. The summed E-state index contributed by atoms with van der Waals surface area (Å²) < 4.78 is 29.6. The van der Waals surface area contributed by atoms with E-state index in [-0.39, 0.29) is 11.8 Å². The van der Waals surface area contributed by atoms with Crippen molar-refractivity contribution in [2.75, 3.05) is 26.2 Å². The Morgan fingerprint density at radius 1 is 1.04 bits per heavy atom. The molecule has 6 heteroatoms. The third-order valence-corrected chi connectivity index (χ3v) is 7.14. The van der Waals surface area contributed by atoms with E-state index in [1.165, 1.54) is 0 Å². The molecule has 2 N–H and O–H groups in total. The van der Waals surface area contributed by atoms with Crippen molar-refractivity contribution in [1.82, 2.24) is 8.61 Å². The standard InChI is InChI=1S/C20H27N3O2S/c1-2-22(14-17-9-5-3-6-10-17)26(24,25)23-15-19(13-21)20(16-23)18-11-7-4-8-12-18/h3-12,19-20H,2,13-16,21H2,1H3/t19-,20+/m1/s1. The van der Waals surface area contributed by atoms with Crippen LogP contribution in [0.3, 0.4) is 0 Å². The lowest BCUT2D eigenvalue weighted by Crippen LogP contribution is -2.42. The van der Waals surface area contributed by atoms with Crippen LogP contribution >= 0.6 is 0 Å². The molecule has 26 heavy (non-hydrogen) atoms. The van der Waals surface area contributed by atoms with Gasteiger partial charge >= 0.3 is 0 Å². The second kappa shape index (κ2) is 8.31. The van der Waals surface area contributed by atoms with Crippen LogP contribution in [0.2, 0.25) is 0 Å². The molecule has 5 nitrogen and oxygen atoms in total. The number of benzene rings is 2. The van der Waals surface area contributed by atoms with Crippen molar-refractivity contribution in [1.29, 1.82) is 0 Å². The van der Waals surface area contributed by atoms with Crippen LogP contribution in [0.1, 0.15) is 24.0 Å². The summed E-state index contributed by atoms with van der Waals surface area (Å²) >= 11 is 0. The second-order valence-electron chi connectivity index (χ2n) is 6.75. The predicted octanol–water partition coefficient (Wildman–Crippen LogP) is 2.43. The Bertz CT molecular complexity index is 796.